The Morgan fingerprint density at radius 1 is 1.45 bits per heavy atom. The number of nitrogen functional groups attached to an aromatic ring is 1. The Hall–Kier alpha value is -1.78. The Labute approximate surface area is 118 Å². The fourth-order valence-corrected chi connectivity index (χ4v) is 2.74. The molecule has 0 saturated carbocycles. The van der Waals surface area contributed by atoms with Crippen molar-refractivity contribution >= 4 is 17.3 Å². The monoisotopic (exact) mass is 280 g/mol. The van der Waals surface area contributed by atoms with Crippen molar-refractivity contribution in [3.05, 3.63) is 23.5 Å². The SMILES string of the molecule is COC(=O)c1cc(N2CCCC(C)(C)C2)c(F)cc1N. The quantitative estimate of drug-likeness (QED) is 0.668. The zero-order valence-electron chi connectivity index (χ0n) is 12.2. The summed E-state index contributed by atoms with van der Waals surface area (Å²) in [6.45, 7) is 5.87. The molecule has 1 heterocycles. The molecule has 4 nitrogen and oxygen atoms in total. The van der Waals surface area contributed by atoms with Crippen LogP contribution >= 0.6 is 0 Å². The molecule has 0 amide bonds. The number of hydrogen-bond acceptors (Lipinski definition) is 4. The third-order valence-electron chi connectivity index (χ3n) is 3.77. The molecule has 110 valence electrons. The van der Waals surface area contributed by atoms with Gasteiger partial charge in [0, 0.05) is 18.8 Å². The first-order chi connectivity index (χ1) is 9.34. The Bertz CT molecular complexity index is 529. The van der Waals surface area contributed by atoms with E-state index in [-0.39, 0.29) is 16.7 Å². The van der Waals surface area contributed by atoms with Crippen LogP contribution < -0.4 is 10.6 Å². The summed E-state index contributed by atoms with van der Waals surface area (Å²) in [5, 5.41) is 0. The predicted octanol–water partition coefficient (Wildman–Crippen LogP) is 2.82. The fraction of sp³-hybridized carbons (Fsp3) is 0.533. The summed E-state index contributed by atoms with van der Waals surface area (Å²) >= 11 is 0. The zero-order chi connectivity index (χ0) is 14.9. The Balaban J connectivity index is 2.38. The number of rotatable bonds is 2. The van der Waals surface area contributed by atoms with E-state index < -0.39 is 11.8 Å². The van der Waals surface area contributed by atoms with Gasteiger partial charge in [0.05, 0.1) is 18.4 Å². The fourth-order valence-electron chi connectivity index (χ4n) is 2.74. The smallest absolute Gasteiger partial charge is 0.340 e. The third-order valence-corrected chi connectivity index (χ3v) is 3.77. The Morgan fingerprint density at radius 3 is 2.75 bits per heavy atom. The van der Waals surface area contributed by atoms with E-state index in [2.05, 4.69) is 18.6 Å². The molecule has 1 aliphatic rings. The van der Waals surface area contributed by atoms with Crippen LogP contribution in [-0.4, -0.2) is 26.2 Å². The van der Waals surface area contributed by atoms with Crippen LogP contribution in [0.4, 0.5) is 15.8 Å². The number of piperidine rings is 1. The number of nitrogens with two attached hydrogens (primary N) is 1. The van der Waals surface area contributed by atoms with Gasteiger partial charge < -0.3 is 15.4 Å². The number of anilines is 2. The maximum atomic E-state index is 14.2. The lowest BCUT2D eigenvalue weighted by Gasteiger charge is -2.39. The molecule has 5 heteroatoms. The number of halogens is 1. The molecule has 2 N–H and O–H groups in total. The van der Waals surface area contributed by atoms with Crippen molar-refractivity contribution in [1.29, 1.82) is 0 Å². The van der Waals surface area contributed by atoms with Crippen molar-refractivity contribution in [2.24, 2.45) is 5.41 Å². The highest BCUT2D eigenvalue weighted by molar-refractivity contribution is 5.96. The van der Waals surface area contributed by atoms with Crippen molar-refractivity contribution in [2.45, 2.75) is 26.7 Å². The molecule has 2 rings (SSSR count). The summed E-state index contributed by atoms with van der Waals surface area (Å²) in [6, 6.07) is 2.70. The van der Waals surface area contributed by atoms with Gasteiger partial charge in [0.15, 0.2) is 0 Å². The third kappa shape index (κ3) is 2.86. The van der Waals surface area contributed by atoms with Crippen LogP contribution in [0.25, 0.3) is 0 Å². The van der Waals surface area contributed by atoms with Gasteiger partial charge in [0.2, 0.25) is 0 Å². The van der Waals surface area contributed by atoms with Crippen molar-refractivity contribution < 1.29 is 13.9 Å². The van der Waals surface area contributed by atoms with Gasteiger partial charge in [-0.25, -0.2) is 9.18 Å². The number of benzene rings is 1. The number of hydrogen-bond donors (Lipinski definition) is 1. The zero-order valence-corrected chi connectivity index (χ0v) is 12.2. The molecule has 0 bridgehead atoms. The van der Waals surface area contributed by atoms with Gasteiger partial charge in [0.25, 0.3) is 0 Å². The second-order valence-electron chi connectivity index (χ2n) is 6.07. The summed E-state index contributed by atoms with van der Waals surface area (Å²) in [5.74, 6) is -0.937. The average Bonchev–Trinajstić information content (AvgIpc) is 2.36. The van der Waals surface area contributed by atoms with Crippen LogP contribution in [0.3, 0.4) is 0 Å². The van der Waals surface area contributed by atoms with Gasteiger partial charge in [-0.1, -0.05) is 13.8 Å². The van der Waals surface area contributed by atoms with Gasteiger partial charge in [-0.2, -0.15) is 0 Å². The molecular weight excluding hydrogens is 259 g/mol. The van der Waals surface area contributed by atoms with E-state index >= 15 is 0 Å². The number of esters is 1. The summed E-state index contributed by atoms with van der Waals surface area (Å²) in [7, 11) is 1.29. The van der Waals surface area contributed by atoms with Gasteiger partial charge in [-0.3, -0.25) is 0 Å². The van der Waals surface area contributed by atoms with E-state index in [1.807, 2.05) is 4.90 Å². The lowest BCUT2D eigenvalue weighted by atomic mass is 9.84. The minimum absolute atomic E-state index is 0.106. The van der Waals surface area contributed by atoms with Crippen LogP contribution in [0.1, 0.15) is 37.0 Å². The van der Waals surface area contributed by atoms with Crippen LogP contribution in [0.15, 0.2) is 12.1 Å². The van der Waals surface area contributed by atoms with E-state index in [1.165, 1.54) is 19.2 Å². The number of ether oxygens (including phenoxy) is 1. The van der Waals surface area contributed by atoms with E-state index in [0.717, 1.165) is 25.9 Å². The molecule has 0 aliphatic carbocycles. The lowest BCUT2D eigenvalue weighted by Crippen LogP contribution is -2.40. The van der Waals surface area contributed by atoms with Gasteiger partial charge in [-0.15, -0.1) is 0 Å². The Morgan fingerprint density at radius 2 is 2.15 bits per heavy atom. The maximum absolute atomic E-state index is 14.2. The maximum Gasteiger partial charge on any atom is 0.340 e. The highest BCUT2D eigenvalue weighted by Gasteiger charge is 2.28. The minimum atomic E-state index is -0.542. The van der Waals surface area contributed by atoms with Crippen LogP contribution in [-0.2, 0) is 4.74 Å². The van der Waals surface area contributed by atoms with Crippen LogP contribution in [0, 0.1) is 11.2 Å². The van der Waals surface area contributed by atoms with Crippen molar-refractivity contribution in [3.8, 4) is 0 Å². The first-order valence-corrected chi connectivity index (χ1v) is 6.76. The minimum Gasteiger partial charge on any atom is -0.465 e. The second kappa shape index (κ2) is 5.31. The summed E-state index contributed by atoms with van der Waals surface area (Å²) < 4.78 is 18.8. The number of methoxy groups -OCH3 is 1. The van der Waals surface area contributed by atoms with Crippen LogP contribution in [0.5, 0.6) is 0 Å². The van der Waals surface area contributed by atoms with E-state index in [9.17, 15) is 9.18 Å². The molecule has 1 aromatic rings. The summed E-state index contributed by atoms with van der Waals surface area (Å²) in [5.41, 5.74) is 6.57. The highest BCUT2D eigenvalue weighted by atomic mass is 19.1. The van der Waals surface area contributed by atoms with Gasteiger partial charge in [-0.05, 0) is 30.4 Å². The van der Waals surface area contributed by atoms with Crippen LogP contribution in [0.2, 0.25) is 0 Å². The Kier molecular flexibility index (Phi) is 3.88. The normalized spacial score (nSPS) is 17.9. The molecule has 1 saturated heterocycles. The first kappa shape index (κ1) is 14.6. The highest BCUT2D eigenvalue weighted by Crippen LogP contribution is 2.34. The molecule has 20 heavy (non-hydrogen) atoms. The van der Waals surface area contributed by atoms with Crippen molar-refractivity contribution in [3.63, 3.8) is 0 Å². The molecule has 0 unspecified atom stereocenters. The summed E-state index contributed by atoms with van der Waals surface area (Å²) in [6.07, 6.45) is 2.12. The lowest BCUT2D eigenvalue weighted by molar-refractivity contribution is 0.0602. The van der Waals surface area contributed by atoms with E-state index in [0.29, 0.717) is 5.69 Å². The molecule has 0 aromatic heterocycles. The summed E-state index contributed by atoms with van der Waals surface area (Å²) in [4.78, 5) is 13.6. The largest absolute Gasteiger partial charge is 0.465 e. The van der Waals surface area contributed by atoms with Gasteiger partial charge >= 0.3 is 5.97 Å². The molecule has 1 aliphatic heterocycles. The number of nitrogens with zero attached hydrogens (tertiary/aromatic N) is 1. The molecule has 1 aromatic carbocycles. The van der Waals surface area contributed by atoms with E-state index in [1.54, 1.807) is 0 Å². The number of carbonyl (C=O) groups excluding carboxylic acids is 1. The second-order valence-corrected chi connectivity index (χ2v) is 6.07. The molecular formula is C15H21FN2O2. The van der Waals surface area contributed by atoms with Crippen molar-refractivity contribution in [1.82, 2.24) is 0 Å². The topological polar surface area (TPSA) is 55.6 Å². The standard InChI is InChI=1S/C15H21FN2O2/c1-15(2)5-4-6-18(9-15)13-7-10(14(19)20-3)12(17)8-11(13)16/h7-8H,4-6,9,17H2,1-3H3. The van der Waals surface area contributed by atoms with Crippen molar-refractivity contribution in [2.75, 3.05) is 30.8 Å². The molecule has 0 radical (unpaired) electrons. The first-order valence-electron chi connectivity index (χ1n) is 6.76. The average molecular weight is 280 g/mol. The van der Waals surface area contributed by atoms with Gasteiger partial charge in [0.1, 0.15) is 5.82 Å². The van der Waals surface area contributed by atoms with E-state index in [4.69, 9.17) is 5.73 Å². The number of carbonyl (C=O) groups is 1. The molecule has 0 atom stereocenters. The predicted molar refractivity (Wildman–Crippen MR) is 77.4 cm³/mol. The molecule has 1 fully saturated rings. The molecule has 0 spiro atoms.